The number of nitrogens with two attached hydrogens (primary N) is 1. The molecule has 1 aliphatic rings. The Balaban J connectivity index is 1.95. The van der Waals surface area contributed by atoms with Crippen molar-refractivity contribution < 1.29 is 19.1 Å². The fraction of sp³-hybridized carbons (Fsp3) is 0.429. The molecule has 0 spiro atoms. The average Bonchev–Trinajstić information content (AvgIpc) is 2.45. The Morgan fingerprint density at radius 2 is 2.20 bits per heavy atom. The zero-order chi connectivity index (χ0) is 14.5. The van der Waals surface area contributed by atoms with Gasteiger partial charge in [-0.2, -0.15) is 0 Å². The van der Waals surface area contributed by atoms with Crippen LogP contribution in [0, 0.1) is 0 Å². The van der Waals surface area contributed by atoms with Gasteiger partial charge < -0.3 is 20.1 Å². The molecular formula is C14H18N2O4. The Morgan fingerprint density at radius 3 is 2.90 bits per heavy atom. The molecule has 108 valence electrons. The van der Waals surface area contributed by atoms with E-state index in [1.54, 1.807) is 29.2 Å². The van der Waals surface area contributed by atoms with Crippen LogP contribution in [0.4, 0.5) is 0 Å². The fourth-order valence-corrected chi connectivity index (χ4v) is 2.07. The number of benzene rings is 1. The van der Waals surface area contributed by atoms with E-state index in [9.17, 15) is 9.59 Å². The summed E-state index contributed by atoms with van der Waals surface area (Å²) in [4.78, 5) is 25.0. The van der Waals surface area contributed by atoms with Crippen LogP contribution in [0.5, 0.6) is 5.75 Å². The molecule has 6 heteroatoms. The SMILES string of the molecule is CC1CN(C(=O)COc2ccccc2C(N)=O)CCO1. The van der Waals surface area contributed by atoms with E-state index in [-0.39, 0.29) is 24.2 Å². The average molecular weight is 278 g/mol. The summed E-state index contributed by atoms with van der Waals surface area (Å²) < 4.78 is 10.8. The Bertz CT molecular complexity index is 504. The molecule has 1 aliphatic heterocycles. The van der Waals surface area contributed by atoms with Crippen molar-refractivity contribution >= 4 is 11.8 Å². The summed E-state index contributed by atoms with van der Waals surface area (Å²) in [5.41, 5.74) is 5.52. The molecule has 0 radical (unpaired) electrons. The first-order chi connectivity index (χ1) is 9.58. The van der Waals surface area contributed by atoms with E-state index in [1.165, 1.54) is 0 Å². The molecular weight excluding hydrogens is 260 g/mol. The van der Waals surface area contributed by atoms with Crippen molar-refractivity contribution in [1.82, 2.24) is 4.90 Å². The van der Waals surface area contributed by atoms with E-state index in [1.807, 2.05) is 6.92 Å². The van der Waals surface area contributed by atoms with Crippen LogP contribution in [0.1, 0.15) is 17.3 Å². The zero-order valence-electron chi connectivity index (χ0n) is 11.4. The molecule has 6 nitrogen and oxygen atoms in total. The van der Waals surface area contributed by atoms with Crippen molar-refractivity contribution in [3.63, 3.8) is 0 Å². The van der Waals surface area contributed by atoms with E-state index >= 15 is 0 Å². The highest BCUT2D eigenvalue weighted by Crippen LogP contribution is 2.17. The number of hydrogen-bond acceptors (Lipinski definition) is 4. The Kier molecular flexibility index (Phi) is 4.57. The number of morpholine rings is 1. The number of rotatable bonds is 4. The highest BCUT2D eigenvalue weighted by molar-refractivity contribution is 5.95. The topological polar surface area (TPSA) is 81.9 Å². The molecule has 2 rings (SSSR count). The number of carbonyl (C=O) groups excluding carboxylic acids is 2. The summed E-state index contributed by atoms with van der Waals surface area (Å²) >= 11 is 0. The number of nitrogens with zero attached hydrogens (tertiary/aromatic N) is 1. The predicted molar refractivity (Wildman–Crippen MR) is 72.4 cm³/mol. The van der Waals surface area contributed by atoms with Crippen molar-refractivity contribution in [2.24, 2.45) is 5.73 Å². The molecule has 20 heavy (non-hydrogen) atoms. The third-order valence-corrected chi connectivity index (χ3v) is 3.10. The van der Waals surface area contributed by atoms with Crippen LogP contribution in [0.25, 0.3) is 0 Å². The third-order valence-electron chi connectivity index (χ3n) is 3.10. The summed E-state index contributed by atoms with van der Waals surface area (Å²) in [5, 5.41) is 0. The van der Waals surface area contributed by atoms with Crippen LogP contribution in [-0.2, 0) is 9.53 Å². The van der Waals surface area contributed by atoms with Gasteiger partial charge in [-0.1, -0.05) is 12.1 Å². The number of hydrogen-bond donors (Lipinski definition) is 1. The molecule has 0 aromatic heterocycles. The second kappa shape index (κ2) is 6.38. The molecule has 1 saturated heterocycles. The van der Waals surface area contributed by atoms with Gasteiger partial charge in [-0.05, 0) is 19.1 Å². The number of para-hydroxylation sites is 1. The lowest BCUT2D eigenvalue weighted by molar-refractivity contribution is -0.140. The van der Waals surface area contributed by atoms with Gasteiger partial charge in [-0.3, -0.25) is 9.59 Å². The maximum Gasteiger partial charge on any atom is 0.260 e. The molecule has 1 aromatic carbocycles. The van der Waals surface area contributed by atoms with E-state index in [4.69, 9.17) is 15.2 Å². The second-order valence-electron chi connectivity index (χ2n) is 4.67. The van der Waals surface area contributed by atoms with Crippen molar-refractivity contribution in [3.8, 4) is 5.75 Å². The van der Waals surface area contributed by atoms with Gasteiger partial charge in [0, 0.05) is 13.1 Å². The first-order valence-corrected chi connectivity index (χ1v) is 6.49. The molecule has 1 fully saturated rings. The quantitative estimate of drug-likeness (QED) is 0.865. The Labute approximate surface area is 117 Å². The number of carbonyl (C=O) groups is 2. The monoisotopic (exact) mass is 278 g/mol. The van der Waals surface area contributed by atoms with Gasteiger partial charge in [-0.25, -0.2) is 0 Å². The maximum atomic E-state index is 12.0. The van der Waals surface area contributed by atoms with Crippen LogP contribution in [0.3, 0.4) is 0 Å². The Morgan fingerprint density at radius 1 is 1.45 bits per heavy atom. The van der Waals surface area contributed by atoms with Crippen molar-refractivity contribution in [3.05, 3.63) is 29.8 Å². The van der Waals surface area contributed by atoms with Crippen LogP contribution < -0.4 is 10.5 Å². The van der Waals surface area contributed by atoms with Gasteiger partial charge in [0.05, 0.1) is 18.3 Å². The summed E-state index contributed by atoms with van der Waals surface area (Å²) in [6, 6.07) is 6.61. The first kappa shape index (κ1) is 14.3. The zero-order valence-corrected chi connectivity index (χ0v) is 11.4. The molecule has 0 saturated carbocycles. The third kappa shape index (κ3) is 3.48. The molecule has 2 N–H and O–H groups in total. The highest BCUT2D eigenvalue weighted by Gasteiger charge is 2.22. The summed E-state index contributed by atoms with van der Waals surface area (Å²) in [5.74, 6) is -0.373. The predicted octanol–water partition coefficient (Wildman–Crippen LogP) is 0.412. The normalized spacial score (nSPS) is 18.6. The molecule has 1 atom stereocenters. The summed E-state index contributed by atoms with van der Waals surface area (Å²) in [7, 11) is 0. The van der Waals surface area contributed by atoms with Gasteiger partial charge in [0.1, 0.15) is 5.75 Å². The number of ether oxygens (including phenoxy) is 2. The maximum absolute atomic E-state index is 12.0. The largest absolute Gasteiger partial charge is 0.483 e. The molecule has 2 amide bonds. The fourth-order valence-electron chi connectivity index (χ4n) is 2.07. The van der Waals surface area contributed by atoms with E-state index in [0.717, 1.165) is 0 Å². The molecule has 1 unspecified atom stereocenters. The van der Waals surface area contributed by atoms with Gasteiger partial charge in [0.15, 0.2) is 6.61 Å². The van der Waals surface area contributed by atoms with Crippen LogP contribution in [-0.4, -0.2) is 49.1 Å². The van der Waals surface area contributed by atoms with Crippen molar-refractivity contribution in [1.29, 1.82) is 0 Å². The molecule has 1 heterocycles. The van der Waals surface area contributed by atoms with Gasteiger partial charge in [0.25, 0.3) is 11.8 Å². The van der Waals surface area contributed by atoms with Gasteiger partial charge in [0.2, 0.25) is 0 Å². The van der Waals surface area contributed by atoms with Gasteiger partial charge >= 0.3 is 0 Å². The molecule has 1 aromatic rings. The van der Waals surface area contributed by atoms with Crippen molar-refractivity contribution in [2.45, 2.75) is 13.0 Å². The standard InChI is InChI=1S/C14H18N2O4/c1-10-8-16(6-7-19-10)13(17)9-20-12-5-3-2-4-11(12)14(15)18/h2-5,10H,6-9H2,1H3,(H2,15,18). The second-order valence-corrected chi connectivity index (χ2v) is 4.67. The summed E-state index contributed by atoms with van der Waals surface area (Å²) in [6.45, 7) is 3.45. The smallest absolute Gasteiger partial charge is 0.260 e. The van der Waals surface area contributed by atoms with Gasteiger partial charge in [-0.15, -0.1) is 0 Å². The lowest BCUT2D eigenvalue weighted by Gasteiger charge is -2.31. The molecule has 0 aliphatic carbocycles. The number of amides is 2. The first-order valence-electron chi connectivity index (χ1n) is 6.49. The van der Waals surface area contributed by atoms with E-state index in [0.29, 0.717) is 25.4 Å². The van der Waals surface area contributed by atoms with Crippen LogP contribution in [0.15, 0.2) is 24.3 Å². The minimum absolute atomic E-state index is 0.0330. The van der Waals surface area contributed by atoms with Crippen LogP contribution in [0.2, 0.25) is 0 Å². The lowest BCUT2D eigenvalue weighted by Crippen LogP contribution is -2.46. The van der Waals surface area contributed by atoms with E-state index < -0.39 is 5.91 Å². The number of primary amides is 1. The van der Waals surface area contributed by atoms with Crippen LogP contribution >= 0.6 is 0 Å². The Hall–Kier alpha value is -2.08. The highest BCUT2D eigenvalue weighted by atomic mass is 16.5. The minimum atomic E-state index is -0.576. The minimum Gasteiger partial charge on any atom is -0.483 e. The van der Waals surface area contributed by atoms with E-state index in [2.05, 4.69) is 0 Å². The van der Waals surface area contributed by atoms with Crippen molar-refractivity contribution in [2.75, 3.05) is 26.3 Å². The lowest BCUT2D eigenvalue weighted by atomic mass is 10.2. The molecule has 0 bridgehead atoms. The summed E-state index contributed by atoms with van der Waals surface area (Å²) in [6.07, 6.45) is 0.0330.